The molecule has 1 aliphatic rings. The molecule has 1 aromatic heterocycles. The van der Waals surface area contributed by atoms with E-state index in [1.54, 1.807) is 6.07 Å². The van der Waals surface area contributed by atoms with Crippen molar-refractivity contribution in [3.8, 4) is 0 Å². The fraction of sp³-hybridized carbons (Fsp3) is 0.368. The normalized spacial score (nSPS) is 15.1. The van der Waals surface area contributed by atoms with Gasteiger partial charge in [-0.2, -0.15) is 0 Å². The predicted octanol–water partition coefficient (Wildman–Crippen LogP) is 3.45. The lowest BCUT2D eigenvalue weighted by Crippen LogP contribution is -2.45. The molecule has 0 radical (unpaired) electrons. The van der Waals surface area contributed by atoms with Crippen LogP contribution in [0.5, 0.6) is 0 Å². The molecule has 27 heavy (non-hydrogen) atoms. The first kappa shape index (κ1) is 19.2. The summed E-state index contributed by atoms with van der Waals surface area (Å²) in [5, 5.41) is 5.86. The van der Waals surface area contributed by atoms with Gasteiger partial charge in [-0.15, -0.1) is 0 Å². The quantitative estimate of drug-likeness (QED) is 0.728. The number of aromatic nitrogens is 1. The maximum absolute atomic E-state index is 12.7. The molecule has 0 atom stereocenters. The van der Waals surface area contributed by atoms with Gasteiger partial charge in [0.25, 0.3) is 10.0 Å². The maximum Gasteiger partial charge on any atom is 0.328 e. The number of carbonyl (C=O) groups is 1. The molecule has 0 bridgehead atoms. The second-order valence-corrected chi connectivity index (χ2v) is 8.38. The minimum Gasteiger partial charge on any atom is -0.354 e. The first-order valence-corrected chi connectivity index (χ1v) is 10.5. The van der Waals surface area contributed by atoms with Crippen molar-refractivity contribution in [2.24, 2.45) is 0 Å². The Morgan fingerprint density at radius 3 is 2.56 bits per heavy atom. The van der Waals surface area contributed by atoms with Gasteiger partial charge in [-0.25, -0.2) is 17.9 Å². The number of hydrogen-bond donors (Lipinski definition) is 3. The molecular weight excluding hydrogens is 364 g/mol. The summed E-state index contributed by atoms with van der Waals surface area (Å²) < 4.78 is 27.6. The van der Waals surface area contributed by atoms with Gasteiger partial charge in [-0.05, 0) is 37.5 Å². The van der Waals surface area contributed by atoms with Gasteiger partial charge >= 0.3 is 6.03 Å². The van der Waals surface area contributed by atoms with Gasteiger partial charge in [0.15, 0.2) is 0 Å². The largest absolute Gasteiger partial charge is 0.354 e. The third kappa shape index (κ3) is 4.97. The van der Waals surface area contributed by atoms with Gasteiger partial charge in [0.1, 0.15) is 4.90 Å². The molecular formula is C19H24N4O3S. The van der Waals surface area contributed by atoms with Gasteiger partial charge in [0.05, 0.1) is 5.69 Å². The number of nitrogens with one attached hydrogen (secondary N) is 3. The third-order valence-corrected chi connectivity index (χ3v) is 6.01. The summed E-state index contributed by atoms with van der Waals surface area (Å²) in [6.45, 7) is 1.92. The van der Waals surface area contributed by atoms with Crippen molar-refractivity contribution in [2.75, 3.05) is 5.32 Å². The predicted molar refractivity (Wildman–Crippen MR) is 104 cm³/mol. The van der Waals surface area contributed by atoms with Crippen molar-refractivity contribution >= 4 is 27.4 Å². The SMILES string of the molecule is Cc1ccccc1Nc1ccncc1S(=O)(=O)NC(=O)NC1CCCCC1. The average molecular weight is 388 g/mol. The Labute approximate surface area is 159 Å². The van der Waals surface area contributed by atoms with E-state index in [-0.39, 0.29) is 10.9 Å². The van der Waals surface area contributed by atoms with Gasteiger partial charge in [-0.3, -0.25) is 4.98 Å². The monoisotopic (exact) mass is 388 g/mol. The molecule has 0 aliphatic heterocycles. The van der Waals surface area contributed by atoms with E-state index in [0.29, 0.717) is 5.69 Å². The third-order valence-electron chi connectivity index (χ3n) is 4.66. The van der Waals surface area contributed by atoms with E-state index in [9.17, 15) is 13.2 Å². The average Bonchev–Trinajstić information content (AvgIpc) is 2.64. The topological polar surface area (TPSA) is 100 Å². The number of benzene rings is 1. The molecule has 1 heterocycles. The van der Waals surface area contributed by atoms with Crippen LogP contribution in [0.25, 0.3) is 0 Å². The van der Waals surface area contributed by atoms with Crippen molar-refractivity contribution in [2.45, 2.75) is 50.0 Å². The number of amides is 2. The molecule has 2 amide bonds. The van der Waals surface area contributed by atoms with Crippen LogP contribution >= 0.6 is 0 Å². The number of rotatable bonds is 5. The molecule has 0 saturated heterocycles. The number of pyridine rings is 1. The van der Waals surface area contributed by atoms with Crippen molar-refractivity contribution < 1.29 is 13.2 Å². The smallest absolute Gasteiger partial charge is 0.328 e. The molecule has 1 saturated carbocycles. The molecule has 0 spiro atoms. The second-order valence-electron chi connectivity index (χ2n) is 6.73. The van der Waals surface area contributed by atoms with E-state index < -0.39 is 16.1 Å². The fourth-order valence-electron chi connectivity index (χ4n) is 3.19. The molecule has 3 rings (SSSR count). The molecule has 2 aromatic rings. The zero-order chi connectivity index (χ0) is 19.3. The summed E-state index contributed by atoms with van der Waals surface area (Å²) in [6, 6.07) is 8.44. The van der Waals surface area contributed by atoms with E-state index in [4.69, 9.17) is 0 Å². The van der Waals surface area contributed by atoms with Crippen LogP contribution in [0.15, 0.2) is 47.6 Å². The number of anilines is 2. The highest BCUT2D eigenvalue weighted by molar-refractivity contribution is 7.90. The second kappa shape index (κ2) is 8.39. The van der Waals surface area contributed by atoms with Gasteiger partial charge in [-0.1, -0.05) is 37.5 Å². The summed E-state index contributed by atoms with van der Waals surface area (Å²) in [7, 11) is -4.06. The highest BCUT2D eigenvalue weighted by Crippen LogP contribution is 2.25. The molecule has 8 heteroatoms. The van der Waals surface area contributed by atoms with E-state index in [2.05, 4.69) is 20.3 Å². The Hall–Kier alpha value is -2.61. The van der Waals surface area contributed by atoms with Crippen LogP contribution in [0.2, 0.25) is 0 Å². The van der Waals surface area contributed by atoms with Crippen LogP contribution in [0.4, 0.5) is 16.2 Å². The summed E-state index contributed by atoms with van der Waals surface area (Å²) in [6.07, 6.45) is 7.73. The molecule has 1 aliphatic carbocycles. The molecule has 1 fully saturated rings. The molecule has 1 aromatic carbocycles. The standard InChI is InChI=1S/C19H24N4O3S/c1-14-7-5-6-10-16(14)22-17-11-12-20-13-18(17)27(25,26)23-19(24)21-15-8-3-2-4-9-15/h5-7,10-13,15H,2-4,8-9H2,1H3,(H,20,22)(H2,21,23,24). The van der Waals surface area contributed by atoms with Crippen LogP contribution in [0, 0.1) is 6.92 Å². The number of hydrogen-bond acceptors (Lipinski definition) is 5. The molecule has 3 N–H and O–H groups in total. The van der Waals surface area contributed by atoms with E-state index >= 15 is 0 Å². The Kier molecular flexibility index (Phi) is 5.95. The van der Waals surface area contributed by atoms with Gasteiger partial charge in [0.2, 0.25) is 0 Å². The summed E-state index contributed by atoms with van der Waals surface area (Å²) in [4.78, 5) is 16.0. The minimum absolute atomic E-state index is 0.0208. The van der Waals surface area contributed by atoms with Crippen LogP contribution < -0.4 is 15.4 Å². The summed E-state index contributed by atoms with van der Waals surface area (Å²) >= 11 is 0. The lowest BCUT2D eigenvalue weighted by molar-refractivity contribution is 0.237. The molecule has 0 unspecified atom stereocenters. The minimum atomic E-state index is -4.06. The van der Waals surface area contributed by atoms with Crippen LogP contribution in [0.1, 0.15) is 37.7 Å². The molecule has 7 nitrogen and oxygen atoms in total. The number of carbonyl (C=O) groups excluding carboxylic acids is 1. The van der Waals surface area contributed by atoms with E-state index in [1.165, 1.54) is 12.4 Å². The lowest BCUT2D eigenvalue weighted by atomic mass is 9.96. The fourth-order valence-corrected chi connectivity index (χ4v) is 4.22. The zero-order valence-electron chi connectivity index (χ0n) is 15.2. The first-order chi connectivity index (χ1) is 13.0. The number of urea groups is 1. The van der Waals surface area contributed by atoms with E-state index in [0.717, 1.165) is 43.4 Å². The summed E-state index contributed by atoms with van der Waals surface area (Å²) in [5.74, 6) is 0. The van der Waals surface area contributed by atoms with Crippen LogP contribution in [-0.4, -0.2) is 25.5 Å². The van der Waals surface area contributed by atoms with Crippen LogP contribution in [-0.2, 0) is 10.0 Å². The number of sulfonamides is 1. The van der Waals surface area contributed by atoms with Crippen molar-refractivity contribution in [1.82, 2.24) is 15.0 Å². The zero-order valence-corrected chi connectivity index (χ0v) is 16.1. The highest BCUT2D eigenvalue weighted by Gasteiger charge is 2.24. The van der Waals surface area contributed by atoms with E-state index in [1.807, 2.05) is 31.2 Å². The Balaban J connectivity index is 1.76. The Morgan fingerprint density at radius 1 is 1.07 bits per heavy atom. The lowest BCUT2D eigenvalue weighted by Gasteiger charge is -2.23. The Bertz CT molecular complexity index is 909. The van der Waals surface area contributed by atoms with Crippen molar-refractivity contribution in [3.05, 3.63) is 48.3 Å². The number of para-hydroxylation sites is 1. The van der Waals surface area contributed by atoms with Crippen molar-refractivity contribution in [1.29, 1.82) is 0 Å². The summed E-state index contributed by atoms with van der Waals surface area (Å²) in [5.41, 5.74) is 2.12. The van der Waals surface area contributed by atoms with Crippen molar-refractivity contribution in [3.63, 3.8) is 0 Å². The first-order valence-electron chi connectivity index (χ1n) is 9.06. The molecule has 144 valence electrons. The highest BCUT2D eigenvalue weighted by atomic mass is 32.2. The number of nitrogens with zero attached hydrogens (tertiary/aromatic N) is 1. The van der Waals surface area contributed by atoms with Gasteiger partial charge in [0, 0.05) is 24.1 Å². The van der Waals surface area contributed by atoms with Gasteiger partial charge < -0.3 is 10.6 Å². The Morgan fingerprint density at radius 2 is 1.81 bits per heavy atom. The number of aryl methyl sites for hydroxylation is 1. The maximum atomic E-state index is 12.7. The van der Waals surface area contributed by atoms with Crippen LogP contribution in [0.3, 0.4) is 0 Å².